The first kappa shape index (κ1) is 14.2. The SMILES string of the molecule is Cc1cc2ncn(-c3ccc(Br)cc3C(N)=S)c2cc1C. The molecule has 0 amide bonds. The lowest BCUT2D eigenvalue weighted by molar-refractivity contribution is 1.09. The van der Waals surface area contributed by atoms with Gasteiger partial charge < -0.3 is 5.73 Å². The minimum Gasteiger partial charge on any atom is -0.389 e. The Hall–Kier alpha value is -1.72. The molecule has 0 aliphatic rings. The van der Waals surface area contributed by atoms with Crippen molar-refractivity contribution in [3.8, 4) is 5.69 Å². The molecule has 5 heteroatoms. The minimum atomic E-state index is 0.372. The van der Waals surface area contributed by atoms with Gasteiger partial charge in [0.15, 0.2) is 0 Å². The highest BCUT2D eigenvalue weighted by Crippen LogP contribution is 2.25. The van der Waals surface area contributed by atoms with Gasteiger partial charge in [-0.1, -0.05) is 28.1 Å². The molecule has 3 rings (SSSR count). The summed E-state index contributed by atoms with van der Waals surface area (Å²) >= 11 is 8.63. The smallest absolute Gasteiger partial charge is 0.106 e. The van der Waals surface area contributed by atoms with Crippen LogP contribution in [0.4, 0.5) is 0 Å². The van der Waals surface area contributed by atoms with E-state index in [-0.39, 0.29) is 0 Å². The Morgan fingerprint density at radius 3 is 2.62 bits per heavy atom. The predicted octanol–water partition coefficient (Wildman–Crippen LogP) is 4.04. The van der Waals surface area contributed by atoms with Crippen molar-refractivity contribution in [1.29, 1.82) is 0 Å². The van der Waals surface area contributed by atoms with Crippen LogP contribution in [-0.2, 0) is 0 Å². The molecule has 0 spiro atoms. The average Bonchev–Trinajstić information content (AvgIpc) is 2.82. The van der Waals surface area contributed by atoms with Gasteiger partial charge in [-0.15, -0.1) is 0 Å². The molecule has 3 nitrogen and oxygen atoms in total. The summed E-state index contributed by atoms with van der Waals surface area (Å²) in [6.45, 7) is 4.19. The largest absolute Gasteiger partial charge is 0.389 e. The van der Waals surface area contributed by atoms with E-state index in [1.165, 1.54) is 11.1 Å². The minimum absolute atomic E-state index is 0.372. The van der Waals surface area contributed by atoms with Gasteiger partial charge in [0, 0.05) is 10.0 Å². The van der Waals surface area contributed by atoms with Crippen molar-refractivity contribution in [2.75, 3.05) is 0 Å². The van der Waals surface area contributed by atoms with E-state index in [0.717, 1.165) is 26.8 Å². The van der Waals surface area contributed by atoms with Crippen LogP contribution >= 0.6 is 28.1 Å². The Morgan fingerprint density at radius 1 is 1.19 bits per heavy atom. The van der Waals surface area contributed by atoms with Crippen molar-refractivity contribution in [2.45, 2.75) is 13.8 Å². The maximum Gasteiger partial charge on any atom is 0.106 e. The highest BCUT2D eigenvalue weighted by Gasteiger charge is 2.12. The molecule has 0 saturated heterocycles. The van der Waals surface area contributed by atoms with E-state index in [9.17, 15) is 0 Å². The van der Waals surface area contributed by atoms with Crippen LogP contribution in [0.3, 0.4) is 0 Å². The van der Waals surface area contributed by atoms with Crippen LogP contribution in [0.15, 0.2) is 41.1 Å². The molecule has 1 heterocycles. The van der Waals surface area contributed by atoms with Gasteiger partial charge >= 0.3 is 0 Å². The number of rotatable bonds is 2. The summed E-state index contributed by atoms with van der Waals surface area (Å²) in [7, 11) is 0. The molecule has 0 fully saturated rings. The lowest BCUT2D eigenvalue weighted by Gasteiger charge is -2.11. The Kier molecular flexibility index (Phi) is 3.55. The molecule has 0 aliphatic heterocycles. The van der Waals surface area contributed by atoms with Crippen molar-refractivity contribution in [3.05, 3.63) is 57.8 Å². The van der Waals surface area contributed by atoms with E-state index in [2.05, 4.69) is 46.9 Å². The molecule has 0 radical (unpaired) electrons. The van der Waals surface area contributed by atoms with Gasteiger partial charge in [0.2, 0.25) is 0 Å². The van der Waals surface area contributed by atoms with Gasteiger partial charge in [-0.25, -0.2) is 4.98 Å². The second-order valence-corrected chi connectivity index (χ2v) is 6.42. The molecule has 0 saturated carbocycles. The van der Waals surface area contributed by atoms with Gasteiger partial charge in [0.1, 0.15) is 11.3 Å². The van der Waals surface area contributed by atoms with Crippen LogP contribution in [0.2, 0.25) is 0 Å². The number of fused-ring (bicyclic) bond motifs is 1. The van der Waals surface area contributed by atoms with E-state index in [4.69, 9.17) is 18.0 Å². The number of thiocarbonyl (C=S) groups is 1. The first-order chi connectivity index (χ1) is 9.97. The van der Waals surface area contributed by atoms with E-state index >= 15 is 0 Å². The third kappa shape index (κ3) is 2.47. The molecule has 21 heavy (non-hydrogen) atoms. The zero-order valence-electron chi connectivity index (χ0n) is 11.7. The fourth-order valence-electron chi connectivity index (χ4n) is 2.37. The number of halogens is 1. The molecule has 0 bridgehead atoms. The lowest BCUT2D eigenvalue weighted by atomic mass is 10.1. The van der Waals surface area contributed by atoms with Crippen LogP contribution in [-0.4, -0.2) is 14.5 Å². The number of hydrogen-bond acceptors (Lipinski definition) is 2. The fraction of sp³-hybridized carbons (Fsp3) is 0.125. The summed E-state index contributed by atoms with van der Waals surface area (Å²) in [4.78, 5) is 4.86. The zero-order valence-corrected chi connectivity index (χ0v) is 14.1. The average molecular weight is 360 g/mol. The molecule has 2 aromatic carbocycles. The monoisotopic (exact) mass is 359 g/mol. The number of benzene rings is 2. The normalized spacial score (nSPS) is 11.0. The summed E-state index contributed by atoms with van der Waals surface area (Å²) in [5.74, 6) is 0. The van der Waals surface area contributed by atoms with E-state index < -0.39 is 0 Å². The number of imidazole rings is 1. The second-order valence-electron chi connectivity index (χ2n) is 5.07. The van der Waals surface area contributed by atoms with Gasteiger partial charge in [-0.2, -0.15) is 0 Å². The predicted molar refractivity (Wildman–Crippen MR) is 94.1 cm³/mol. The molecule has 0 atom stereocenters. The van der Waals surface area contributed by atoms with E-state index in [1.54, 1.807) is 0 Å². The topological polar surface area (TPSA) is 43.8 Å². The quantitative estimate of drug-likeness (QED) is 0.702. The number of hydrogen-bond donors (Lipinski definition) is 1. The fourth-order valence-corrected chi connectivity index (χ4v) is 2.90. The zero-order chi connectivity index (χ0) is 15.1. The molecular weight excluding hydrogens is 346 g/mol. The van der Waals surface area contributed by atoms with Gasteiger partial charge in [0.05, 0.1) is 16.7 Å². The van der Waals surface area contributed by atoms with Crippen molar-refractivity contribution < 1.29 is 0 Å². The van der Waals surface area contributed by atoms with Gasteiger partial charge in [-0.05, 0) is 55.3 Å². The second kappa shape index (κ2) is 5.24. The third-order valence-electron chi connectivity index (χ3n) is 3.65. The summed E-state index contributed by atoms with van der Waals surface area (Å²) < 4.78 is 2.98. The summed E-state index contributed by atoms with van der Waals surface area (Å²) in [6, 6.07) is 10.1. The highest BCUT2D eigenvalue weighted by molar-refractivity contribution is 9.10. The number of aromatic nitrogens is 2. The molecule has 0 unspecified atom stereocenters. The van der Waals surface area contributed by atoms with Crippen molar-refractivity contribution >= 4 is 44.2 Å². The third-order valence-corrected chi connectivity index (χ3v) is 4.36. The van der Waals surface area contributed by atoms with Crippen molar-refractivity contribution in [3.63, 3.8) is 0 Å². The lowest BCUT2D eigenvalue weighted by Crippen LogP contribution is -2.13. The van der Waals surface area contributed by atoms with Crippen LogP contribution < -0.4 is 5.73 Å². The number of nitrogens with zero attached hydrogens (tertiary/aromatic N) is 2. The van der Waals surface area contributed by atoms with Crippen molar-refractivity contribution in [2.24, 2.45) is 5.73 Å². The first-order valence-corrected chi connectivity index (χ1v) is 7.71. The van der Waals surface area contributed by atoms with Gasteiger partial charge in [0.25, 0.3) is 0 Å². The highest BCUT2D eigenvalue weighted by atomic mass is 79.9. The molecule has 2 N–H and O–H groups in total. The number of nitrogens with two attached hydrogens (primary N) is 1. The number of aryl methyl sites for hydroxylation is 2. The molecular formula is C16H14BrN3S. The summed E-state index contributed by atoms with van der Waals surface area (Å²) in [5.41, 5.74) is 12.1. The molecule has 106 valence electrons. The summed E-state index contributed by atoms with van der Waals surface area (Å²) in [6.07, 6.45) is 1.81. The first-order valence-electron chi connectivity index (χ1n) is 6.51. The summed E-state index contributed by atoms with van der Waals surface area (Å²) in [5, 5.41) is 0. The van der Waals surface area contributed by atoms with E-state index in [1.807, 2.05) is 29.1 Å². The maximum absolute atomic E-state index is 5.86. The Bertz CT molecular complexity index is 867. The van der Waals surface area contributed by atoms with E-state index in [0.29, 0.717) is 4.99 Å². The van der Waals surface area contributed by atoms with Crippen LogP contribution in [0.1, 0.15) is 16.7 Å². The molecule has 0 aliphatic carbocycles. The standard InChI is InChI=1S/C16H14BrN3S/c1-9-5-13-15(6-10(9)2)20(8-19-13)14-4-3-11(17)7-12(14)16(18)21/h3-8H,1-2H3,(H2,18,21). The molecule has 1 aromatic heterocycles. The van der Waals surface area contributed by atoms with Crippen LogP contribution in [0.5, 0.6) is 0 Å². The Morgan fingerprint density at radius 2 is 1.90 bits per heavy atom. The maximum atomic E-state index is 5.86. The van der Waals surface area contributed by atoms with Gasteiger partial charge in [-0.3, -0.25) is 4.57 Å². The Labute approximate surface area is 136 Å². The Balaban J connectivity index is 2.31. The van der Waals surface area contributed by atoms with Crippen LogP contribution in [0.25, 0.3) is 16.7 Å². The van der Waals surface area contributed by atoms with Crippen molar-refractivity contribution in [1.82, 2.24) is 9.55 Å². The molecule has 3 aromatic rings. The van der Waals surface area contributed by atoms with Crippen LogP contribution in [0, 0.1) is 13.8 Å².